The molecule has 0 saturated carbocycles. The number of hydrogen-bond acceptors (Lipinski definition) is 4. The van der Waals surface area contributed by atoms with Crippen molar-refractivity contribution in [3.05, 3.63) is 52.7 Å². The van der Waals surface area contributed by atoms with Crippen LogP contribution in [0.5, 0.6) is 17.2 Å². The molecule has 5 nitrogen and oxygen atoms in total. The summed E-state index contributed by atoms with van der Waals surface area (Å²) in [5, 5.41) is 11.5. The third-order valence-electron chi connectivity index (χ3n) is 5.87. The van der Waals surface area contributed by atoms with Gasteiger partial charge in [-0.05, 0) is 59.9 Å². The Kier molecular flexibility index (Phi) is 3.40. The van der Waals surface area contributed by atoms with Crippen LogP contribution in [0.3, 0.4) is 0 Å². The number of H-pyrrole nitrogens is 1. The van der Waals surface area contributed by atoms with Crippen molar-refractivity contribution in [1.29, 1.82) is 0 Å². The van der Waals surface area contributed by atoms with Gasteiger partial charge in [-0.15, -0.1) is 0 Å². The number of aromatic hydroxyl groups is 1. The number of phenolic OH excluding ortho intramolecular Hbond substituents is 1. The van der Waals surface area contributed by atoms with E-state index in [1.807, 2.05) is 18.2 Å². The van der Waals surface area contributed by atoms with Gasteiger partial charge in [-0.1, -0.05) is 0 Å². The Labute approximate surface area is 152 Å². The topological polar surface area (TPSA) is 57.7 Å². The van der Waals surface area contributed by atoms with E-state index in [1.165, 1.54) is 27.8 Å². The monoisotopic (exact) mass is 350 g/mol. The second-order valence-corrected chi connectivity index (χ2v) is 7.16. The molecule has 3 heterocycles. The van der Waals surface area contributed by atoms with Crippen molar-refractivity contribution in [1.82, 2.24) is 9.88 Å². The highest BCUT2D eigenvalue weighted by molar-refractivity contribution is 5.86. The van der Waals surface area contributed by atoms with Crippen molar-refractivity contribution in [3.63, 3.8) is 0 Å². The number of benzene rings is 2. The number of ether oxygens (including phenoxy) is 2. The third-order valence-corrected chi connectivity index (χ3v) is 5.87. The van der Waals surface area contributed by atoms with Crippen LogP contribution in [0, 0.1) is 0 Å². The van der Waals surface area contributed by atoms with Gasteiger partial charge in [0.25, 0.3) is 0 Å². The lowest BCUT2D eigenvalue weighted by atomic mass is 9.85. The average molecular weight is 350 g/mol. The minimum Gasteiger partial charge on any atom is -0.504 e. The zero-order chi connectivity index (χ0) is 17.8. The van der Waals surface area contributed by atoms with Crippen LogP contribution >= 0.6 is 0 Å². The van der Waals surface area contributed by atoms with Gasteiger partial charge in [0.05, 0.1) is 14.2 Å². The molecular formula is C21H22N2O3. The molecule has 134 valence electrons. The molecule has 0 aliphatic carbocycles. The van der Waals surface area contributed by atoms with Crippen LogP contribution < -0.4 is 9.47 Å². The van der Waals surface area contributed by atoms with Crippen LogP contribution in [-0.4, -0.2) is 35.8 Å². The van der Waals surface area contributed by atoms with Crippen molar-refractivity contribution in [2.24, 2.45) is 0 Å². The number of nitrogens with one attached hydrogen (secondary N) is 1. The zero-order valence-electron chi connectivity index (χ0n) is 15.0. The normalized spacial score (nSPS) is 18.9. The average Bonchev–Trinajstić information content (AvgIpc) is 3.02. The molecule has 0 bridgehead atoms. The lowest BCUT2D eigenvalue weighted by molar-refractivity contribution is 0.159. The SMILES string of the molecule is COc1ccc2[nH]c3c(c2c1)CC1c2cc(O)c(OC)cc2CCN1C3. The van der Waals surface area contributed by atoms with Gasteiger partial charge in [-0.3, -0.25) is 4.90 Å². The maximum Gasteiger partial charge on any atom is 0.160 e. The number of aromatic nitrogens is 1. The molecule has 2 aliphatic rings. The Morgan fingerprint density at radius 2 is 2.04 bits per heavy atom. The van der Waals surface area contributed by atoms with Crippen molar-refractivity contribution in [2.75, 3.05) is 20.8 Å². The minimum atomic E-state index is 0.222. The van der Waals surface area contributed by atoms with E-state index < -0.39 is 0 Å². The van der Waals surface area contributed by atoms with Gasteiger partial charge in [0, 0.05) is 35.7 Å². The fourth-order valence-electron chi connectivity index (χ4n) is 4.54. The summed E-state index contributed by atoms with van der Waals surface area (Å²) < 4.78 is 10.7. The lowest BCUT2D eigenvalue weighted by Gasteiger charge is -2.40. The molecule has 2 N–H and O–H groups in total. The third kappa shape index (κ3) is 2.20. The predicted octanol–water partition coefficient (Wildman–Crippen LogP) is 3.55. The van der Waals surface area contributed by atoms with E-state index in [0.29, 0.717) is 5.75 Å². The molecule has 26 heavy (non-hydrogen) atoms. The molecule has 5 heteroatoms. The first-order valence-electron chi connectivity index (χ1n) is 8.99. The van der Waals surface area contributed by atoms with Crippen LogP contribution in [0.1, 0.15) is 28.4 Å². The summed E-state index contributed by atoms with van der Waals surface area (Å²) in [6.07, 6.45) is 1.91. The fourth-order valence-corrected chi connectivity index (χ4v) is 4.54. The lowest BCUT2D eigenvalue weighted by Crippen LogP contribution is -2.39. The summed E-state index contributed by atoms with van der Waals surface area (Å²) in [6.45, 7) is 1.92. The smallest absolute Gasteiger partial charge is 0.160 e. The second kappa shape index (κ2) is 5.68. The van der Waals surface area contributed by atoms with Gasteiger partial charge in [0.15, 0.2) is 11.5 Å². The molecule has 0 radical (unpaired) electrons. The molecule has 2 aromatic carbocycles. The van der Waals surface area contributed by atoms with Crippen molar-refractivity contribution >= 4 is 10.9 Å². The van der Waals surface area contributed by atoms with Gasteiger partial charge >= 0.3 is 0 Å². The Balaban J connectivity index is 1.61. The van der Waals surface area contributed by atoms with E-state index in [9.17, 15) is 5.11 Å². The largest absolute Gasteiger partial charge is 0.504 e. The standard InChI is InChI=1S/C21H22N2O3/c1-25-13-3-4-17-15(8-13)16-9-19-14-10-20(24)21(26-2)7-12(14)5-6-23(19)11-18(16)22-17/h3-4,7-8,10,19,22,24H,5-6,9,11H2,1-2H3. The van der Waals surface area contributed by atoms with E-state index in [1.54, 1.807) is 14.2 Å². The molecule has 0 spiro atoms. The van der Waals surface area contributed by atoms with Crippen molar-refractivity contribution in [2.45, 2.75) is 25.4 Å². The molecular weight excluding hydrogens is 328 g/mol. The van der Waals surface area contributed by atoms with Crippen molar-refractivity contribution in [3.8, 4) is 17.2 Å². The van der Waals surface area contributed by atoms with Gasteiger partial charge in [-0.2, -0.15) is 0 Å². The van der Waals surface area contributed by atoms with Gasteiger partial charge in [0.1, 0.15) is 5.75 Å². The number of nitrogens with zero attached hydrogens (tertiary/aromatic N) is 1. The highest BCUT2D eigenvalue weighted by Gasteiger charge is 2.34. The Bertz CT molecular complexity index is 1010. The Hall–Kier alpha value is -2.66. The Morgan fingerprint density at radius 1 is 1.15 bits per heavy atom. The Morgan fingerprint density at radius 3 is 2.85 bits per heavy atom. The highest BCUT2D eigenvalue weighted by Crippen LogP contribution is 2.43. The summed E-state index contributed by atoms with van der Waals surface area (Å²) in [5.74, 6) is 1.66. The molecule has 0 amide bonds. The van der Waals surface area contributed by atoms with Crippen LogP contribution in [0.15, 0.2) is 30.3 Å². The molecule has 0 fully saturated rings. The van der Waals surface area contributed by atoms with Crippen molar-refractivity contribution < 1.29 is 14.6 Å². The van der Waals surface area contributed by atoms with Crippen LogP contribution in [0.4, 0.5) is 0 Å². The molecule has 5 rings (SSSR count). The van der Waals surface area contributed by atoms with E-state index in [-0.39, 0.29) is 11.8 Å². The first-order valence-corrected chi connectivity index (χ1v) is 8.99. The van der Waals surface area contributed by atoms with Crippen LogP contribution in [-0.2, 0) is 19.4 Å². The maximum atomic E-state index is 10.3. The van der Waals surface area contributed by atoms with Gasteiger partial charge in [-0.25, -0.2) is 0 Å². The van der Waals surface area contributed by atoms with Gasteiger partial charge in [0.2, 0.25) is 0 Å². The first-order chi connectivity index (χ1) is 12.7. The first kappa shape index (κ1) is 15.6. The molecule has 1 unspecified atom stereocenters. The predicted molar refractivity (Wildman–Crippen MR) is 100 cm³/mol. The number of phenols is 1. The molecule has 3 aromatic rings. The van der Waals surface area contributed by atoms with Crippen LogP contribution in [0.2, 0.25) is 0 Å². The molecule has 1 atom stereocenters. The molecule has 2 aliphatic heterocycles. The molecule has 1 aromatic heterocycles. The maximum absolute atomic E-state index is 10.3. The second-order valence-electron chi connectivity index (χ2n) is 7.16. The number of hydrogen-bond donors (Lipinski definition) is 2. The van der Waals surface area contributed by atoms with Gasteiger partial charge < -0.3 is 19.6 Å². The summed E-state index contributed by atoms with van der Waals surface area (Å²) >= 11 is 0. The van der Waals surface area contributed by atoms with E-state index >= 15 is 0 Å². The summed E-state index contributed by atoms with van der Waals surface area (Å²) in [7, 11) is 3.30. The number of fused-ring (bicyclic) bond motifs is 6. The summed E-state index contributed by atoms with van der Waals surface area (Å²) in [5.41, 5.74) is 6.32. The van der Waals surface area contributed by atoms with E-state index in [2.05, 4.69) is 22.0 Å². The van der Waals surface area contributed by atoms with E-state index in [0.717, 1.165) is 37.2 Å². The zero-order valence-corrected chi connectivity index (χ0v) is 15.0. The quantitative estimate of drug-likeness (QED) is 0.742. The number of rotatable bonds is 2. The van der Waals surface area contributed by atoms with E-state index in [4.69, 9.17) is 9.47 Å². The number of aromatic amines is 1. The molecule has 0 saturated heterocycles. The van der Waals surface area contributed by atoms with Crippen LogP contribution in [0.25, 0.3) is 10.9 Å². The number of methoxy groups -OCH3 is 2. The minimum absolute atomic E-state index is 0.222. The fraction of sp³-hybridized carbons (Fsp3) is 0.333. The highest BCUT2D eigenvalue weighted by atomic mass is 16.5. The summed E-state index contributed by atoms with van der Waals surface area (Å²) in [4.78, 5) is 6.09. The summed E-state index contributed by atoms with van der Waals surface area (Å²) in [6, 6.07) is 10.4.